The lowest BCUT2D eigenvalue weighted by Gasteiger charge is -2.12. The molecule has 0 saturated heterocycles. The van der Waals surface area contributed by atoms with E-state index in [2.05, 4.69) is 16.4 Å². The summed E-state index contributed by atoms with van der Waals surface area (Å²) in [6.45, 7) is 0. The highest BCUT2D eigenvalue weighted by Crippen LogP contribution is 2.31. The Morgan fingerprint density at radius 3 is 2.58 bits per heavy atom. The molecule has 0 radical (unpaired) electrons. The molecular formula is C19H14ClN3O. The third-order valence-corrected chi connectivity index (χ3v) is 3.76. The van der Waals surface area contributed by atoms with Crippen molar-refractivity contribution in [3.63, 3.8) is 0 Å². The van der Waals surface area contributed by atoms with Crippen molar-refractivity contribution < 1.29 is 4.74 Å². The summed E-state index contributed by atoms with van der Waals surface area (Å²) >= 11 is 6.04. The number of pyridine rings is 1. The van der Waals surface area contributed by atoms with Gasteiger partial charge in [0.25, 0.3) is 0 Å². The molecule has 0 spiro atoms. The minimum Gasteiger partial charge on any atom is -0.495 e. The second-order valence-corrected chi connectivity index (χ2v) is 5.50. The van der Waals surface area contributed by atoms with Gasteiger partial charge in [-0.25, -0.2) is 4.98 Å². The lowest BCUT2D eigenvalue weighted by atomic mass is 10.1. The summed E-state index contributed by atoms with van der Waals surface area (Å²) in [6.07, 6.45) is 1.73. The number of benzene rings is 2. The highest BCUT2D eigenvalue weighted by Gasteiger charge is 2.10. The van der Waals surface area contributed by atoms with E-state index in [0.717, 1.165) is 11.1 Å². The molecule has 1 aromatic heterocycles. The quantitative estimate of drug-likeness (QED) is 0.726. The smallest absolute Gasteiger partial charge is 0.148 e. The van der Waals surface area contributed by atoms with E-state index >= 15 is 0 Å². The van der Waals surface area contributed by atoms with Gasteiger partial charge in [0.05, 0.1) is 18.4 Å². The Kier molecular flexibility index (Phi) is 4.64. The molecule has 0 aliphatic heterocycles. The van der Waals surface area contributed by atoms with Crippen molar-refractivity contribution in [1.82, 2.24) is 4.98 Å². The van der Waals surface area contributed by atoms with Crippen LogP contribution in [0.1, 0.15) is 5.56 Å². The number of aromatic nitrogens is 1. The molecule has 0 bridgehead atoms. The third kappa shape index (κ3) is 3.32. The molecule has 0 fully saturated rings. The van der Waals surface area contributed by atoms with Gasteiger partial charge in [-0.05, 0) is 29.8 Å². The summed E-state index contributed by atoms with van der Waals surface area (Å²) in [6, 6.07) is 19.0. The van der Waals surface area contributed by atoms with E-state index < -0.39 is 0 Å². The zero-order chi connectivity index (χ0) is 16.9. The minimum absolute atomic E-state index is 0.443. The number of methoxy groups -OCH3 is 1. The molecule has 0 atom stereocenters. The number of nitriles is 1. The van der Waals surface area contributed by atoms with Crippen molar-refractivity contribution >= 4 is 23.1 Å². The number of nitrogens with one attached hydrogen (secondary N) is 1. The van der Waals surface area contributed by atoms with Crippen LogP contribution in [-0.2, 0) is 0 Å². The van der Waals surface area contributed by atoms with Gasteiger partial charge in [0, 0.05) is 16.8 Å². The molecule has 118 valence electrons. The van der Waals surface area contributed by atoms with E-state index in [1.165, 1.54) is 0 Å². The molecule has 24 heavy (non-hydrogen) atoms. The first-order chi connectivity index (χ1) is 11.7. The summed E-state index contributed by atoms with van der Waals surface area (Å²) in [7, 11) is 1.57. The second-order valence-electron chi connectivity index (χ2n) is 5.07. The topological polar surface area (TPSA) is 57.9 Å². The van der Waals surface area contributed by atoms with Crippen LogP contribution in [0, 0.1) is 11.3 Å². The van der Waals surface area contributed by atoms with Gasteiger partial charge in [0.1, 0.15) is 17.6 Å². The highest BCUT2D eigenvalue weighted by molar-refractivity contribution is 6.31. The lowest BCUT2D eigenvalue weighted by Crippen LogP contribution is -1.99. The first kappa shape index (κ1) is 15.9. The molecule has 1 N–H and O–H groups in total. The normalized spacial score (nSPS) is 10.0. The van der Waals surface area contributed by atoms with E-state index in [9.17, 15) is 5.26 Å². The van der Waals surface area contributed by atoms with Crippen molar-refractivity contribution in [2.75, 3.05) is 12.4 Å². The summed E-state index contributed by atoms with van der Waals surface area (Å²) in [4.78, 5) is 4.39. The molecule has 5 heteroatoms. The van der Waals surface area contributed by atoms with Gasteiger partial charge in [-0.1, -0.05) is 41.9 Å². The molecule has 4 nitrogen and oxygen atoms in total. The number of hydrogen-bond acceptors (Lipinski definition) is 4. The van der Waals surface area contributed by atoms with E-state index in [1.807, 2.05) is 36.4 Å². The number of nitrogens with zero attached hydrogens (tertiary/aromatic N) is 2. The molecule has 0 saturated carbocycles. The Morgan fingerprint density at radius 2 is 1.88 bits per heavy atom. The third-order valence-electron chi connectivity index (χ3n) is 3.53. The zero-order valence-electron chi connectivity index (χ0n) is 13.0. The van der Waals surface area contributed by atoms with Crippen LogP contribution < -0.4 is 10.1 Å². The number of hydrogen-bond donors (Lipinski definition) is 1. The van der Waals surface area contributed by atoms with Crippen molar-refractivity contribution in [1.29, 1.82) is 5.26 Å². The average Bonchev–Trinajstić information content (AvgIpc) is 2.63. The number of ether oxygens (including phenoxy) is 1. The molecule has 2 aromatic carbocycles. The Labute approximate surface area is 145 Å². The zero-order valence-corrected chi connectivity index (χ0v) is 13.7. The standard InChI is InChI=1S/C19H14ClN3O/c1-24-18-8-7-16(20)10-17(18)23-19-14(11-21)9-15(12-22-19)13-5-3-2-4-6-13/h2-10,12H,1H3,(H,22,23). The average molecular weight is 336 g/mol. The van der Waals surface area contributed by atoms with Crippen molar-refractivity contribution in [2.45, 2.75) is 0 Å². The fraction of sp³-hybridized carbons (Fsp3) is 0.0526. The fourth-order valence-corrected chi connectivity index (χ4v) is 2.52. The van der Waals surface area contributed by atoms with E-state index in [4.69, 9.17) is 16.3 Å². The van der Waals surface area contributed by atoms with Crippen molar-refractivity contribution in [3.05, 3.63) is 71.4 Å². The molecule has 0 unspecified atom stereocenters. The maximum atomic E-state index is 9.46. The van der Waals surface area contributed by atoms with E-state index in [0.29, 0.717) is 27.8 Å². The maximum Gasteiger partial charge on any atom is 0.148 e. The minimum atomic E-state index is 0.443. The van der Waals surface area contributed by atoms with Crippen LogP contribution in [0.4, 0.5) is 11.5 Å². The number of halogens is 1. The molecule has 3 rings (SSSR count). The molecule has 3 aromatic rings. The number of anilines is 2. The first-order valence-corrected chi connectivity index (χ1v) is 7.65. The SMILES string of the molecule is COc1ccc(Cl)cc1Nc1ncc(-c2ccccc2)cc1C#N. The van der Waals surface area contributed by atoms with E-state index in [1.54, 1.807) is 31.5 Å². The van der Waals surface area contributed by atoms with Gasteiger partial charge in [0.15, 0.2) is 0 Å². The Hall–Kier alpha value is -3.03. The summed E-state index contributed by atoms with van der Waals surface area (Å²) in [5.74, 6) is 1.08. The van der Waals surface area contributed by atoms with Gasteiger partial charge in [-0.15, -0.1) is 0 Å². The maximum absolute atomic E-state index is 9.46. The van der Waals surface area contributed by atoms with Crippen LogP contribution >= 0.6 is 11.6 Å². The fourth-order valence-electron chi connectivity index (χ4n) is 2.34. The van der Waals surface area contributed by atoms with Crippen LogP contribution in [0.15, 0.2) is 60.8 Å². The highest BCUT2D eigenvalue weighted by atomic mass is 35.5. The second kappa shape index (κ2) is 7.03. The van der Waals surface area contributed by atoms with Gasteiger partial charge in [-0.2, -0.15) is 5.26 Å². The monoisotopic (exact) mass is 335 g/mol. The predicted octanol–water partition coefficient (Wildman–Crippen LogP) is 5.03. The molecule has 0 aliphatic rings. The van der Waals surface area contributed by atoms with Crippen LogP contribution in [0.2, 0.25) is 5.02 Å². The van der Waals surface area contributed by atoms with Gasteiger partial charge < -0.3 is 10.1 Å². The summed E-state index contributed by atoms with van der Waals surface area (Å²) in [5, 5.41) is 13.1. The van der Waals surface area contributed by atoms with Gasteiger partial charge in [-0.3, -0.25) is 0 Å². The van der Waals surface area contributed by atoms with Crippen LogP contribution in [-0.4, -0.2) is 12.1 Å². The predicted molar refractivity (Wildman–Crippen MR) is 95.7 cm³/mol. The first-order valence-electron chi connectivity index (χ1n) is 7.27. The van der Waals surface area contributed by atoms with Crippen molar-refractivity contribution in [3.8, 4) is 22.9 Å². The molecule has 1 heterocycles. The van der Waals surface area contributed by atoms with E-state index in [-0.39, 0.29) is 0 Å². The van der Waals surface area contributed by atoms with Gasteiger partial charge in [0.2, 0.25) is 0 Å². The molecule has 0 amide bonds. The van der Waals surface area contributed by atoms with Gasteiger partial charge >= 0.3 is 0 Å². The Balaban J connectivity index is 1.98. The molecular weight excluding hydrogens is 322 g/mol. The lowest BCUT2D eigenvalue weighted by molar-refractivity contribution is 0.417. The molecule has 0 aliphatic carbocycles. The summed E-state index contributed by atoms with van der Waals surface area (Å²) < 4.78 is 5.31. The van der Waals surface area contributed by atoms with Crippen LogP contribution in [0.3, 0.4) is 0 Å². The summed E-state index contributed by atoms with van der Waals surface area (Å²) in [5.41, 5.74) is 2.99. The van der Waals surface area contributed by atoms with Crippen LogP contribution in [0.25, 0.3) is 11.1 Å². The Bertz CT molecular complexity index is 904. The number of rotatable bonds is 4. The largest absolute Gasteiger partial charge is 0.495 e. The van der Waals surface area contributed by atoms with Crippen molar-refractivity contribution in [2.24, 2.45) is 0 Å². The van der Waals surface area contributed by atoms with Crippen LogP contribution in [0.5, 0.6) is 5.75 Å². The Morgan fingerprint density at radius 1 is 1.08 bits per heavy atom.